The highest BCUT2D eigenvalue weighted by molar-refractivity contribution is 6.09. The number of hydrogen-bond acceptors (Lipinski definition) is 5. The lowest BCUT2D eigenvalue weighted by Gasteiger charge is -2.28. The Kier molecular flexibility index (Phi) is 5.13. The molecule has 4 amide bonds. The van der Waals surface area contributed by atoms with Gasteiger partial charge in [-0.25, -0.2) is 4.79 Å². The fourth-order valence-electron chi connectivity index (χ4n) is 3.29. The van der Waals surface area contributed by atoms with E-state index in [-0.39, 0.29) is 18.9 Å². The molecule has 0 spiro atoms. The number of hydrogen-bond donors (Lipinski definition) is 1. The van der Waals surface area contributed by atoms with E-state index in [1.54, 1.807) is 25.0 Å². The van der Waals surface area contributed by atoms with Crippen LogP contribution in [-0.2, 0) is 20.7 Å². The molecule has 1 N–H and O–H groups in total. The van der Waals surface area contributed by atoms with Crippen molar-refractivity contribution in [1.29, 1.82) is 0 Å². The fourth-order valence-corrected chi connectivity index (χ4v) is 3.29. The van der Waals surface area contributed by atoms with Crippen molar-refractivity contribution in [3.8, 4) is 5.75 Å². The monoisotopic (exact) mass is 361 g/mol. The molecule has 1 atom stereocenters. The molecule has 1 aromatic rings. The molecular weight excluding hydrogens is 338 g/mol. The van der Waals surface area contributed by atoms with Crippen LogP contribution in [0.4, 0.5) is 4.79 Å². The first-order valence-corrected chi connectivity index (χ1v) is 8.56. The highest BCUT2D eigenvalue weighted by Crippen LogP contribution is 2.27. The number of imide groups is 1. The lowest BCUT2D eigenvalue weighted by molar-refractivity contribution is -0.141. The quantitative estimate of drug-likeness (QED) is 0.768. The number of urea groups is 1. The largest absolute Gasteiger partial charge is 0.496 e. The van der Waals surface area contributed by atoms with Gasteiger partial charge in [-0.15, -0.1) is 0 Å². The van der Waals surface area contributed by atoms with Crippen LogP contribution in [0.1, 0.15) is 12.5 Å². The normalized spacial score (nSPS) is 23.2. The number of ether oxygens (including phenoxy) is 2. The van der Waals surface area contributed by atoms with Crippen molar-refractivity contribution in [2.24, 2.45) is 0 Å². The Hall–Kier alpha value is -2.61. The highest BCUT2D eigenvalue weighted by Gasteiger charge is 2.48. The smallest absolute Gasteiger partial charge is 0.325 e. The third kappa shape index (κ3) is 3.50. The van der Waals surface area contributed by atoms with Crippen LogP contribution in [0.15, 0.2) is 24.3 Å². The summed E-state index contributed by atoms with van der Waals surface area (Å²) in [5.41, 5.74) is -0.302. The number of amides is 4. The summed E-state index contributed by atoms with van der Waals surface area (Å²) < 4.78 is 10.5. The summed E-state index contributed by atoms with van der Waals surface area (Å²) in [6, 6.07) is 6.80. The van der Waals surface area contributed by atoms with Gasteiger partial charge in [-0.05, 0) is 18.6 Å². The average molecular weight is 361 g/mol. The van der Waals surface area contributed by atoms with Crippen LogP contribution in [-0.4, -0.2) is 73.1 Å². The Balaban J connectivity index is 1.72. The third-order valence-corrected chi connectivity index (χ3v) is 4.74. The van der Waals surface area contributed by atoms with Crippen LogP contribution < -0.4 is 10.1 Å². The predicted molar refractivity (Wildman–Crippen MR) is 92.7 cm³/mol. The number of rotatable bonds is 5. The van der Waals surface area contributed by atoms with Crippen molar-refractivity contribution >= 4 is 17.8 Å². The first kappa shape index (κ1) is 18.2. The van der Waals surface area contributed by atoms with E-state index in [1.807, 2.05) is 18.2 Å². The molecular formula is C18H23N3O5. The molecule has 1 aromatic carbocycles. The molecule has 2 saturated heterocycles. The SMILES string of the molecule is COc1ccccc1C[C@@]1(C)NC(=O)N(CC(=O)N2CCOCC2)C1=O. The van der Waals surface area contributed by atoms with E-state index in [4.69, 9.17) is 9.47 Å². The Morgan fingerprint density at radius 1 is 1.27 bits per heavy atom. The molecule has 2 aliphatic rings. The highest BCUT2D eigenvalue weighted by atomic mass is 16.5. The number of carbonyl (C=O) groups is 3. The van der Waals surface area contributed by atoms with Gasteiger partial charge in [0.05, 0.1) is 20.3 Å². The van der Waals surface area contributed by atoms with E-state index >= 15 is 0 Å². The molecule has 2 heterocycles. The topological polar surface area (TPSA) is 88.2 Å². The van der Waals surface area contributed by atoms with Gasteiger partial charge in [-0.1, -0.05) is 18.2 Å². The number of benzene rings is 1. The summed E-state index contributed by atoms with van der Waals surface area (Å²) in [5.74, 6) is -0.00743. The molecule has 3 rings (SSSR count). The lowest BCUT2D eigenvalue weighted by atomic mass is 9.92. The summed E-state index contributed by atoms with van der Waals surface area (Å²) in [6.45, 7) is 3.29. The van der Waals surface area contributed by atoms with Crippen molar-refractivity contribution in [2.75, 3.05) is 40.0 Å². The van der Waals surface area contributed by atoms with Gasteiger partial charge >= 0.3 is 6.03 Å². The molecule has 0 unspecified atom stereocenters. The first-order valence-electron chi connectivity index (χ1n) is 8.56. The van der Waals surface area contributed by atoms with Crippen LogP contribution in [0.3, 0.4) is 0 Å². The zero-order chi connectivity index (χ0) is 18.7. The standard InChI is InChI=1S/C18H23N3O5/c1-18(11-13-5-3-4-6-14(13)25-2)16(23)21(17(24)19-18)12-15(22)20-7-9-26-10-8-20/h3-6H,7-12H2,1-2H3,(H,19,24)/t18-/m1/s1. The van der Waals surface area contributed by atoms with Gasteiger partial charge in [-0.2, -0.15) is 0 Å². The average Bonchev–Trinajstić information content (AvgIpc) is 2.86. The maximum Gasteiger partial charge on any atom is 0.325 e. The molecule has 0 aliphatic carbocycles. The molecule has 8 heteroatoms. The number of nitrogens with zero attached hydrogens (tertiary/aromatic N) is 2. The summed E-state index contributed by atoms with van der Waals surface area (Å²) in [4.78, 5) is 40.2. The van der Waals surface area contributed by atoms with Gasteiger partial charge in [0.2, 0.25) is 5.91 Å². The second kappa shape index (κ2) is 7.33. The number of para-hydroxylation sites is 1. The van der Waals surface area contributed by atoms with Crippen molar-refractivity contribution in [3.63, 3.8) is 0 Å². The fraction of sp³-hybridized carbons (Fsp3) is 0.500. The molecule has 0 saturated carbocycles. The van der Waals surface area contributed by atoms with Crippen molar-refractivity contribution < 1.29 is 23.9 Å². The summed E-state index contributed by atoms with van der Waals surface area (Å²) >= 11 is 0. The van der Waals surface area contributed by atoms with Crippen molar-refractivity contribution in [2.45, 2.75) is 18.9 Å². The minimum atomic E-state index is -1.11. The molecule has 26 heavy (non-hydrogen) atoms. The van der Waals surface area contributed by atoms with E-state index in [1.165, 1.54) is 0 Å². The number of methoxy groups -OCH3 is 1. The second-order valence-electron chi connectivity index (χ2n) is 6.64. The van der Waals surface area contributed by atoms with Crippen LogP contribution in [0.2, 0.25) is 0 Å². The van der Waals surface area contributed by atoms with Gasteiger partial charge in [0.25, 0.3) is 5.91 Å². The van der Waals surface area contributed by atoms with E-state index < -0.39 is 17.5 Å². The third-order valence-electron chi connectivity index (χ3n) is 4.74. The maximum atomic E-state index is 12.9. The van der Waals surface area contributed by atoms with Crippen molar-refractivity contribution in [1.82, 2.24) is 15.1 Å². The number of carbonyl (C=O) groups excluding carboxylic acids is 3. The molecule has 0 bridgehead atoms. The van der Waals surface area contributed by atoms with Gasteiger partial charge in [0.1, 0.15) is 17.8 Å². The predicted octanol–water partition coefficient (Wildman–Crippen LogP) is 0.407. The molecule has 0 radical (unpaired) electrons. The Bertz CT molecular complexity index is 717. The first-order chi connectivity index (χ1) is 12.4. The van der Waals surface area contributed by atoms with Gasteiger partial charge in [0.15, 0.2) is 0 Å². The minimum absolute atomic E-state index is 0.252. The molecule has 140 valence electrons. The second-order valence-corrected chi connectivity index (χ2v) is 6.64. The van der Waals surface area contributed by atoms with Crippen LogP contribution in [0, 0.1) is 0 Å². The maximum absolute atomic E-state index is 12.9. The zero-order valence-electron chi connectivity index (χ0n) is 15.0. The molecule has 8 nitrogen and oxygen atoms in total. The molecule has 2 fully saturated rings. The zero-order valence-corrected chi connectivity index (χ0v) is 15.0. The summed E-state index contributed by atoms with van der Waals surface area (Å²) in [6.07, 6.45) is 0.282. The van der Waals surface area contributed by atoms with Gasteiger partial charge in [-0.3, -0.25) is 14.5 Å². The number of morpholine rings is 1. The lowest BCUT2D eigenvalue weighted by Crippen LogP contribution is -2.49. The van der Waals surface area contributed by atoms with E-state index in [2.05, 4.69) is 5.32 Å². The number of nitrogens with one attached hydrogen (secondary N) is 1. The van der Waals surface area contributed by atoms with E-state index in [9.17, 15) is 14.4 Å². The van der Waals surface area contributed by atoms with Crippen LogP contribution >= 0.6 is 0 Å². The van der Waals surface area contributed by atoms with Crippen LogP contribution in [0.5, 0.6) is 5.75 Å². The van der Waals surface area contributed by atoms with Gasteiger partial charge < -0.3 is 19.7 Å². The summed E-state index contributed by atoms with van der Waals surface area (Å²) in [5, 5.41) is 2.72. The van der Waals surface area contributed by atoms with E-state index in [0.717, 1.165) is 10.5 Å². The van der Waals surface area contributed by atoms with Crippen molar-refractivity contribution in [3.05, 3.63) is 29.8 Å². The van der Waals surface area contributed by atoms with E-state index in [0.29, 0.717) is 32.1 Å². The summed E-state index contributed by atoms with van der Waals surface area (Å²) in [7, 11) is 1.56. The molecule has 2 aliphatic heterocycles. The Labute approximate surface area is 152 Å². The molecule has 0 aromatic heterocycles. The minimum Gasteiger partial charge on any atom is -0.496 e. The van der Waals surface area contributed by atoms with Gasteiger partial charge in [0, 0.05) is 19.5 Å². The Morgan fingerprint density at radius 2 is 1.96 bits per heavy atom. The van der Waals surface area contributed by atoms with Crippen LogP contribution in [0.25, 0.3) is 0 Å². The Morgan fingerprint density at radius 3 is 2.65 bits per heavy atom.